The monoisotopic (exact) mass is 234 g/mol. The first-order valence-electron chi connectivity index (χ1n) is 5.43. The lowest BCUT2D eigenvalue weighted by atomic mass is 10.1. The molecular weight excluding hydrogens is 220 g/mol. The Balaban J connectivity index is 2.15. The largest absolute Gasteiger partial charge is 0.508 e. The van der Waals surface area contributed by atoms with Crippen molar-refractivity contribution in [2.24, 2.45) is 5.92 Å². The number of rotatable bonds is 2. The van der Waals surface area contributed by atoms with E-state index < -0.39 is 0 Å². The van der Waals surface area contributed by atoms with E-state index in [1.807, 2.05) is 0 Å². The van der Waals surface area contributed by atoms with Gasteiger partial charge in [-0.2, -0.15) is 0 Å². The molecule has 1 aromatic carbocycles. The second kappa shape index (κ2) is 4.45. The molecule has 0 bridgehead atoms. The van der Waals surface area contributed by atoms with Crippen LogP contribution in [0.5, 0.6) is 5.75 Å². The molecular formula is C12H14N2O3. The molecule has 0 radical (unpaired) electrons. The quantitative estimate of drug-likeness (QED) is 0.782. The SMILES string of the molecule is CNC(=O)[C@H]1CC(=O)N(c2ccc(O)cc2)C1. The second-order valence-electron chi connectivity index (χ2n) is 4.04. The Morgan fingerprint density at radius 2 is 2.06 bits per heavy atom. The summed E-state index contributed by atoms with van der Waals surface area (Å²) < 4.78 is 0. The number of nitrogens with one attached hydrogen (secondary N) is 1. The highest BCUT2D eigenvalue weighted by molar-refractivity contribution is 6.00. The van der Waals surface area contributed by atoms with E-state index in [-0.39, 0.29) is 29.9 Å². The summed E-state index contributed by atoms with van der Waals surface area (Å²) in [7, 11) is 1.57. The van der Waals surface area contributed by atoms with Crippen LogP contribution in [0.1, 0.15) is 6.42 Å². The van der Waals surface area contributed by atoms with Crippen LogP contribution in [-0.2, 0) is 9.59 Å². The highest BCUT2D eigenvalue weighted by atomic mass is 16.3. The van der Waals surface area contributed by atoms with Crippen molar-refractivity contribution in [1.82, 2.24) is 5.32 Å². The smallest absolute Gasteiger partial charge is 0.227 e. The van der Waals surface area contributed by atoms with Gasteiger partial charge in [0, 0.05) is 25.7 Å². The zero-order chi connectivity index (χ0) is 12.4. The molecule has 1 aromatic rings. The molecule has 5 heteroatoms. The van der Waals surface area contributed by atoms with Crippen molar-refractivity contribution in [2.45, 2.75) is 6.42 Å². The average molecular weight is 234 g/mol. The predicted octanol–water partition coefficient (Wildman–Crippen LogP) is 0.491. The van der Waals surface area contributed by atoms with Gasteiger partial charge in [-0.1, -0.05) is 0 Å². The van der Waals surface area contributed by atoms with Gasteiger partial charge < -0.3 is 15.3 Å². The number of hydrogen-bond donors (Lipinski definition) is 2. The molecule has 1 saturated heterocycles. The third kappa shape index (κ3) is 2.22. The first kappa shape index (κ1) is 11.4. The molecule has 90 valence electrons. The molecule has 0 spiro atoms. The number of anilines is 1. The molecule has 0 aliphatic carbocycles. The van der Waals surface area contributed by atoms with Crippen LogP contribution in [0.2, 0.25) is 0 Å². The van der Waals surface area contributed by atoms with Crippen molar-refractivity contribution < 1.29 is 14.7 Å². The molecule has 1 heterocycles. The fourth-order valence-electron chi connectivity index (χ4n) is 1.97. The Hall–Kier alpha value is -2.04. The van der Waals surface area contributed by atoms with Gasteiger partial charge >= 0.3 is 0 Å². The zero-order valence-corrected chi connectivity index (χ0v) is 9.51. The van der Waals surface area contributed by atoms with Crippen molar-refractivity contribution in [3.8, 4) is 5.75 Å². The van der Waals surface area contributed by atoms with Crippen LogP contribution < -0.4 is 10.2 Å². The van der Waals surface area contributed by atoms with Gasteiger partial charge in [-0.15, -0.1) is 0 Å². The number of benzene rings is 1. The summed E-state index contributed by atoms with van der Waals surface area (Å²) >= 11 is 0. The standard InChI is InChI=1S/C12H14N2O3/c1-13-12(17)8-6-11(16)14(7-8)9-2-4-10(15)5-3-9/h2-5,8,15H,6-7H2,1H3,(H,13,17)/t8-/m0/s1. The van der Waals surface area contributed by atoms with Gasteiger partial charge in [-0.25, -0.2) is 0 Å². The van der Waals surface area contributed by atoms with Gasteiger partial charge in [0.2, 0.25) is 11.8 Å². The van der Waals surface area contributed by atoms with Gasteiger partial charge in [0.1, 0.15) is 5.75 Å². The predicted molar refractivity (Wildman–Crippen MR) is 62.6 cm³/mol. The number of amides is 2. The van der Waals surface area contributed by atoms with E-state index >= 15 is 0 Å². The normalized spacial score (nSPS) is 19.5. The highest BCUT2D eigenvalue weighted by Crippen LogP contribution is 2.26. The molecule has 2 amide bonds. The van der Waals surface area contributed by atoms with E-state index in [1.165, 1.54) is 12.1 Å². The summed E-state index contributed by atoms with van der Waals surface area (Å²) in [6, 6.07) is 6.38. The van der Waals surface area contributed by atoms with Crippen LogP contribution >= 0.6 is 0 Å². The van der Waals surface area contributed by atoms with Crippen LogP contribution in [0.25, 0.3) is 0 Å². The number of carbonyl (C=O) groups is 2. The number of phenols is 1. The molecule has 0 aromatic heterocycles. The molecule has 0 saturated carbocycles. The fourth-order valence-corrected chi connectivity index (χ4v) is 1.97. The molecule has 0 unspecified atom stereocenters. The lowest BCUT2D eigenvalue weighted by molar-refractivity contribution is -0.125. The molecule has 2 rings (SSSR count). The number of carbonyl (C=O) groups excluding carboxylic acids is 2. The van der Waals surface area contributed by atoms with Crippen molar-refractivity contribution in [2.75, 3.05) is 18.5 Å². The zero-order valence-electron chi connectivity index (χ0n) is 9.51. The van der Waals surface area contributed by atoms with Gasteiger partial charge in [-0.05, 0) is 24.3 Å². The van der Waals surface area contributed by atoms with E-state index in [0.29, 0.717) is 12.2 Å². The second-order valence-corrected chi connectivity index (χ2v) is 4.04. The number of hydrogen-bond acceptors (Lipinski definition) is 3. The minimum Gasteiger partial charge on any atom is -0.508 e. The number of nitrogens with zero attached hydrogens (tertiary/aromatic N) is 1. The molecule has 2 N–H and O–H groups in total. The van der Waals surface area contributed by atoms with E-state index in [1.54, 1.807) is 24.1 Å². The van der Waals surface area contributed by atoms with Crippen LogP contribution in [0.3, 0.4) is 0 Å². The van der Waals surface area contributed by atoms with Gasteiger partial charge in [0.05, 0.1) is 5.92 Å². The van der Waals surface area contributed by atoms with E-state index in [4.69, 9.17) is 0 Å². The Labute approximate surface area is 99.0 Å². The molecule has 1 aliphatic rings. The Bertz CT molecular complexity index is 442. The Morgan fingerprint density at radius 3 is 2.65 bits per heavy atom. The summed E-state index contributed by atoms with van der Waals surface area (Å²) in [5, 5.41) is 11.7. The van der Waals surface area contributed by atoms with Gasteiger partial charge in [-0.3, -0.25) is 9.59 Å². The summed E-state index contributed by atoms with van der Waals surface area (Å²) in [6.45, 7) is 0.392. The highest BCUT2D eigenvalue weighted by Gasteiger charge is 2.34. The van der Waals surface area contributed by atoms with Crippen LogP contribution in [0, 0.1) is 5.92 Å². The number of aromatic hydroxyl groups is 1. The average Bonchev–Trinajstić information content (AvgIpc) is 2.71. The molecule has 17 heavy (non-hydrogen) atoms. The number of phenolic OH excluding ortho intramolecular Hbond substituents is 1. The molecule has 1 atom stereocenters. The maximum Gasteiger partial charge on any atom is 0.227 e. The summed E-state index contributed by atoms with van der Waals surface area (Å²) in [5.74, 6) is -0.312. The molecule has 5 nitrogen and oxygen atoms in total. The van der Waals surface area contributed by atoms with Crippen LogP contribution in [0.4, 0.5) is 5.69 Å². The lowest BCUT2D eigenvalue weighted by Crippen LogP contribution is -2.30. The maximum absolute atomic E-state index is 11.8. The van der Waals surface area contributed by atoms with E-state index in [2.05, 4.69) is 5.32 Å². The van der Waals surface area contributed by atoms with E-state index in [9.17, 15) is 14.7 Å². The van der Waals surface area contributed by atoms with Crippen LogP contribution in [-0.4, -0.2) is 30.5 Å². The first-order valence-corrected chi connectivity index (χ1v) is 5.43. The summed E-state index contributed by atoms with van der Waals surface area (Å²) in [4.78, 5) is 24.8. The maximum atomic E-state index is 11.8. The molecule has 1 fully saturated rings. The summed E-state index contributed by atoms with van der Waals surface area (Å²) in [6.07, 6.45) is 0.237. The third-order valence-electron chi connectivity index (χ3n) is 2.90. The topological polar surface area (TPSA) is 69.6 Å². The van der Waals surface area contributed by atoms with Gasteiger partial charge in [0.15, 0.2) is 0 Å². The van der Waals surface area contributed by atoms with Crippen molar-refractivity contribution in [1.29, 1.82) is 0 Å². The lowest BCUT2D eigenvalue weighted by Gasteiger charge is -2.16. The van der Waals surface area contributed by atoms with Crippen molar-refractivity contribution in [3.05, 3.63) is 24.3 Å². The fraction of sp³-hybridized carbons (Fsp3) is 0.333. The summed E-state index contributed by atoms with van der Waals surface area (Å²) in [5.41, 5.74) is 0.708. The Kier molecular flexibility index (Phi) is 2.99. The Morgan fingerprint density at radius 1 is 1.41 bits per heavy atom. The van der Waals surface area contributed by atoms with Gasteiger partial charge in [0.25, 0.3) is 0 Å². The van der Waals surface area contributed by atoms with Crippen molar-refractivity contribution >= 4 is 17.5 Å². The molecule has 1 aliphatic heterocycles. The third-order valence-corrected chi connectivity index (χ3v) is 2.90. The van der Waals surface area contributed by atoms with Crippen LogP contribution in [0.15, 0.2) is 24.3 Å². The van der Waals surface area contributed by atoms with E-state index in [0.717, 1.165) is 0 Å². The first-order chi connectivity index (χ1) is 8.11. The minimum atomic E-state index is -0.290. The van der Waals surface area contributed by atoms with Crippen molar-refractivity contribution in [3.63, 3.8) is 0 Å². The minimum absolute atomic E-state index is 0.0655.